The van der Waals surface area contributed by atoms with Gasteiger partial charge in [0.1, 0.15) is 0 Å². The summed E-state index contributed by atoms with van der Waals surface area (Å²) in [6.07, 6.45) is 0. The zero-order valence-corrected chi connectivity index (χ0v) is 12.0. The van der Waals surface area contributed by atoms with Crippen molar-refractivity contribution in [3.63, 3.8) is 0 Å². The normalized spacial score (nSPS) is 10.2. The molecule has 1 N–H and O–H groups in total. The van der Waals surface area contributed by atoms with E-state index in [2.05, 4.69) is 21.2 Å². The van der Waals surface area contributed by atoms with E-state index in [1.165, 1.54) is 6.07 Å². The number of nitro groups is 1. The topological polar surface area (TPSA) is 55.2 Å². The SMILES string of the molecule is Cc1ccc(NCc2ccccc2[N+](=O)[O-])c(Br)c1. The minimum atomic E-state index is -0.360. The Kier molecular flexibility index (Phi) is 4.16. The van der Waals surface area contributed by atoms with E-state index in [9.17, 15) is 10.1 Å². The number of para-hydroxylation sites is 1. The maximum atomic E-state index is 10.9. The van der Waals surface area contributed by atoms with E-state index in [1.54, 1.807) is 18.2 Å². The van der Waals surface area contributed by atoms with E-state index < -0.39 is 0 Å². The summed E-state index contributed by atoms with van der Waals surface area (Å²) in [6, 6.07) is 12.7. The average Bonchev–Trinajstić information content (AvgIpc) is 2.38. The van der Waals surface area contributed by atoms with Gasteiger partial charge in [-0.2, -0.15) is 0 Å². The van der Waals surface area contributed by atoms with Crippen LogP contribution in [0, 0.1) is 17.0 Å². The van der Waals surface area contributed by atoms with Crippen LogP contribution in [-0.2, 0) is 6.54 Å². The summed E-state index contributed by atoms with van der Waals surface area (Å²) in [5.41, 5.74) is 2.88. The van der Waals surface area contributed by atoms with Crippen LogP contribution in [0.4, 0.5) is 11.4 Å². The molecule has 0 fully saturated rings. The van der Waals surface area contributed by atoms with E-state index in [0.717, 1.165) is 15.7 Å². The highest BCUT2D eigenvalue weighted by atomic mass is 79.9. The van der Waals surface area contributed by atoms with Crippen LogP contribution in [-0.4, -0.2) is 4.92 Å². The highest BCUT2D eigenvalue weighted by Crippen LogP contribution is 2.25. The largest absolute Gasteiger partial charge is 0.380 e. The second kappa shape index (κ2) is 5.84. The fraction of sp³-hybridized carbons (Fsp3) is 0.143. The summed E-state index contributed by atoms with van der Waals surface area (Å²) in [4.78, 5) is 10.6. The summed E-state index contributed by atoms with van der Waals surface area (Å²) in [5, 5.41) is 14.1. The lowest BCUT2D eigenvalue weighted by molar-refractivity contribution is -0.385. The second-order valence-electron chi connectivity index (χ2n) is 4.22. The van der Waals surface area contributed by atoms with Gasteiger partial charge in [0.2, 0.25) is 0 Å². The molecule has 5 heteroatoms. The highest BCUT2D eigenvalue weighted by molar-refractivity contribution is 9.10. The Hall–Kier alpha value is -1.88. The van der Waals surface area contributed by atoms with Gasteiger partial charge < -0.3 is 5.32 Å². The van der Waals surface area contributed by atoms with E-state index in [4.69, 9.17) is 0 Å². The minimum absolute atomic E-state index is 0.137. The van der Waals surface area contributed by atoms with Crippen molar-refractivity contribution in [3.05, 3.63) is 68.2 Å². The summed E-state index contributed by atoms with van der Waals surface area (Å²) < 4.78 is 0.950. The molecule has 0 atom stereocenters. The van der Waals surface area contributed by atoms with Crippen molar-refractivity contribution in [2.24, 2.45) is 0 Å². The molecule has 0 bridgehead atoms. The molecule has 0 aliphatic rings. The number of benzene rings is 2. The van der Waals surface area contributed by atoms with Crippen LogP contribution in [0.1, 0.15) is 11.1 Å². The Bertz CT molecular complexity index is 614. The van der Waals surface area contributed by atoms with Gasteiger partial charge in [-0.05, 0) is 40.5 Å². The molecular formula is C14H13BrN2O2. The van der Waals surface area contributed by atoms with Gasteiger partial charge in [-0.1, -0.05) is 24.3 Å². The van der Waals surface area contributed by atoms with Crippen LogP contribution in [0.2, 0.25) is 0 Å². The first-order valence-electron chi connectivity index (χ1n) is 5.80. The molecule has 0 heterocycles. The molecule has 0 aliphatic heterocycles. The predicted molar refractivity (Wildman–Crippen MR) is 79.3 cm³/mol. The number of rotatable bonds is 4. The number of aryl methyl sites for hydroxylation is 1. The van der Waals surface area contributed by atoms with Crippen molar-refractivity contribution in [1.82, 2.24) is 0 Å². The van der Waals surface area contributed by atoms with Crippen LogP contribution in [0.3, 0.4) is 0 Å². The van der Waals surface area contributed by atoms with Gasteiger partial charge >= 0.3 is 0 Å². The van der Waals surface area contributed by atoms with Crippen molar-refractivity contribution in [2.75, 3.05) is 5.32 Å². The maximum absolute atomic E-state index is 10.9. The van der Waals surface area contributed by atoms with E-state index in [-0.39, 0.29) is 10.6 Å². The fourth-order valence-corrected chi connectivity index (χ4v) is 2.43. The molecule has 0 radical (unpaired) electrons. The van der Waals surface area contributed by atoms with E-state index in [0.29, 0.717) is 12.1 Å². The van der Waals surface area contributed by atoms with Crippen LogP contribution >= 0.6 is 15.9 Å². The standard InChI is InChI=1S/C14H13BrN2O2/c1-10-6-7-13(12(15)8-10)16-9-11-4-2-3-5-14(11)17(18)19/h2-8,16H,9H2,1H3. The minimum Gasteiger partial charge on any atom is -0.380 e. The van der Waals surface area contributed by atoms with Gasteiger partial charge in [-0.25, -0.2) is 0 Å². The number of hydrogen-bond acceptors (Lipinski definition) is 3. The van der Waals surface area contributed by atoms with Gasteiger partial charge in [0.05, 0.1) is 4.92 Å². The van der Waals surface area contributed by atoms with E-state index in [1.807, 2.05) is 25.1 Å². The number of anilines is 1. The van der Waals surface area contributed by atoms with Crippen LogP contribution in [0.5, 0.6) is 0 Å². The Morgan fingerprint density at radius 2 is 2.00 bits per heavy atom. The molecule has 0 saturated carbocycles. The summed E-state index contributed by atoms with van der Waals surface area (Å²) >= 11 is 3.47. The molecule has 0 aromatic heterocycles. The molecular weight excluding hydrogens is 308 g/mol. The molecule has 0 spiro atoms. The molecule has 0 aliphatic carbocycles. The fourth-order valence-electron chi connectivity index (χ4n) is 1.79. The lowest BCUT2D eigenvalue weighted by atomic mass is 10.1. The number of halogens is 1. The third kappa shape index (κ3) is 3.32. The molecule has 0 amide bonds. The number of nitro benzene ring substituents is 1. The third-order valence-corrected chi connectivity index (χ3v) is 3.44. The van der Waals surface area contributed by atoms with Crippen molar-refractivity contribution in [2.45, 2.75) is 13.5 Å². The van der Waals surface area contributed by atoms with Crippen molar-refractivity contribution in [3.8, 4) is 0 Å². The summed E-state index contributed by atoms with van der Waals surface area (Å²) in [6.45, 7) is 2.43. The molecule has 2 aromatic rings. The predicted octanol–water partition coefficient (Wildman–Crippen LogP) is 4.28. The summed E-state index contributed by atoms with van der Waals surface area (Å²) in [5.74, 6) is 0. The van der Waals surface area contributed by atoms with Gasteiger partial charge in [-0.15, -0.1) is 0 Å². The quantitative estimate of drug-likeness (QED) is 0.675. The van der Waals surface area contributed by atoms with Crippen LogP contribution < -0.4 is 5.32 Å². The molecule has 4 nitrogen and oxygen atoms in total. The van der Waals surface area contributed by atoms with Crippen LogP contribution in [0.25, 0.3) is 0 Å². The smallest absolute Gasteiger partial charge is 0.274 e. The molecule has 0 saturated heterocycles. The molecule has 2 rings (SSSR count). The van der Waals surface area contributed by atoms with Crippen LogP contribution in [0.15, 0.2) is 46.9 Å². The zero-order valence-electron chi connectivity index (χ0n) is 10.4. The Labute approximate surface area is 119 Å². The lowest BCUT2D eigenvalue weighted by Crippen LogP contribution is -2.03. The Morgan fingerprint density at radius 1 is 1.26 bits per heavy atom. The highest BCUT2D eigenvalue weighted by Gasteiger charge is 2.12. The molecule has 19 heavy (non-hydrogen) atoms. The first-order valence-corrected chi connectivity index (χ1v) is 6.59. The first-order chi connectivity index (χ1) is 9.08. The monoisotopic (exact) mass is 320 g/mol. The summed E-state index contributed by atoms with van der Waals surface area (Å²) in [7, 11) is 0. The Morgan fingerprint density at radius 3 is 2.68 bits per heavy atom. The maximum Gasteiger partial charge on any atom is 0.274 e. The van der Waals surface area contributed by atoms with Crippen molar-refractivity contribution >= 4 is 27.3 Å². The number of nitrogens with one attached hydrogen (secondary N) is 1. The van der Waals surface area contributed by atoms with E-state index >= 15 is 0 Å². The zero-order chi connectivity index (χ0) is 13.8. The molecule has 98 valence electrons. The Balaban J connectivity index is 2.17. The van der Waals surface area contributed by atoms with Crippen molar-refractivity contribution < 1.29 is 4.92 Å². The van der Waals surface area contributed by atoms with Gasteiger partial charge in [-0.3, -0.25) is 10.1 Å². The second-order valence-corrected chi connectivity index (χ2v) is 5.08. The van der Waals surface area contributed by atoms with Gasteiger partial charge in [0, 0.05) is 28.3 Å². The first kappa shape index (κ1) is 13.5. The van der Waals surface area contributed by atoms with Gasteiger partial charge in [0.15, 0.2) is 0 Å². The number of nitrogens with zero attached hydrogens (tertiary/aromatic N) is 1. The number of hydrogen-bond donors (Lipinski definition) is 1. The molecule has 2 aromatic carbocycles. The lowest BCUT2D eigenvalue weighted by Gasteiger charge is -2.09. The third-order valence-electron chi connectivity index (χ3n) is 2.78. The molecule has 0 unspecified atom stereocenters. The van der Waals surface area contributed by atoms with Crippen molar-refractivity contribution in [1.29, 1.82) is 0 Å². The van der Waals surface area contributed by atoms with Gasteiger partial charge in [0.25, 0.3) is 5.69 Å². The average molecular weight is 321 g/mol.